The summed E-state index contributed by atoms with van der Waals surface area (Å²) in [4.78, 5) is 25.6. The Morgan fingerprint density at radius 1 is 1.43 bits per heavy atom. The Bertz CT molecular complexity index is 712. The third-order valence-corrected chi connectivity index (χ3v) is 3.01. The second-order valence-corrected chi connectivity index (χ2v) is 5.37. The maximum absolute atomic E-state index is 11.0. The molecule has 0 fully saturated rings. The van der Waals surface area contributed by atoms with Gasteiger partial charge in [0.05, 0.1) is 22.4 Å². The standard InChI is InChI=1S/C14H15N3O4/c1-14(2,8-12(18)19)16-10-5-6-11(17(20)21)9-4-3-7-15-13(9)10/h3-7,16H,8H2,1-2H3,(H,18,19). The number of carbonyl (C=O) groups is 1. The Hall–Kier alpha value is -2.70. The molecule has 2 N–H and O–H groups in total. The van der Waals surface area contributed by atoms with Crippen LogP contribution in [0.15, 0.2) is 30.5 Å². The second kappa shape index (κ2) is 5.35. The van der Waals surface area contributed by atoms with Crippen molar-refractivity contribution in [1.82, 2.24) is 4.98 Å². The number of hydrogen-bond donors (Lipinski definition) is 2. The van der Waals surface area contributed by atoms with E-state index in [1.165, 1.54) is 6.07 Å². The molecule has 1 heterocycles. The van der Waals surface area contributed by atoms with E-state index in [2.05, 4.69) is 10.3 Å². The van der Waals surface area contributed by atoms with Gasteiger partial charge >= 0.3 is 5.97 Å². The van der Waals surface area contributed by atoms with E-state index in [1.807, 2.05) is 0 Å². The summed E-state index contributed by atoms with van der Waals surface area (Å²) in [5, 5.41) is 23.5. The molecule has 0 bridgehead atoms. The molecular formula is C14H15N3O4. The van der Waals surface area contributed by atoms with Crippen molar-refractivity contribution in [3.8, 4) is 0 Å². The molecule has 1 aromatic carbocycles. The average Bonchev–Trinajstić information content (AvgIpc) is 2.36. The number of rotatable bonds is 5. The van der Waals surface area contributed by atoms with E-state index in [9.17, 15) is 14.9 Å². The van der Waals surface area contributed by atoms with Crippen molar-refractivity contribution in [2.75, 3.05) is 5.32 Å². The molecule has 0 aliphatic heterocycles. The van der Waals surface area contributed by atoms with Crippen LogP contribution in [0.1, 0.15) is 20.3 Å². The van der Waals surface area contributed by atoms with Gasteiger partial charge in [0.25, 0.3) is 5.69 Å². The first-order chi connectivity index (χ1) is 9.80. The molecule has 0 aliphatic carbocycles. The summed E-state index contributed by atoms with van der Waals surface area (Å²) in [6.45, 7) is 3.49. The van der Waals surface area contributed by atoms with Crippen LogP contribution in [0.2, 0.25) is 0 Å². The molecule has 7 nitrogen and oxygen atoms in total. The van der Waals surface area contributed by atoms with Crippen molar-refractivity contribution in [1.29, 1.82) is 0 Å². The van der Waals surface area contributed by atoms with E-state index in [1.54, 1.807) is 38.2 Å². The van der Waals surface area contributed by atoms with E-state index in [0.29, 0.717) is 16.6 Å². The summed E-state index contributed by atoms with van der Waals surface area (Å²) < 4.78 is 0. The first kappa shape index (κ1) is 14.7. The van der Waals surface area contributed by atoms with Crippen molar-refractivity contribution >= 4 is 28.2 Å². The van der Waals surface area contributed by atoms with Gasteiger partial charge in [-0.2, -0.15) is 0 Å². The average molecular weight is 289 g/mol. The van der Waals surface area contributed by atoms with Crippen LogP contribution in [0.5, 0.6) is 0 Å². The zero-order valence-electron chi connectivity index (χ0n) is 11.7. The van der Waals surface area contributed by atoms with E-state index >= 15 is 0 Å². The van der Waals surface area contributed by atoms with Crippen LogP contribution in [0, 0.1) is 10.1 Å². The van der Waals surface area contributed by atoms with Crippen molar-refractivity contribution in [3.05, 3.63) is 40.6 Å². The van der Waals surface area contributed by atoms with Gasteiger partial charge in [-0.1, -0.05) is 0 Å². The molecule has 21 heavy (non-hydrogen) atoms. The molecule has 110 valence electrons. The van der Waals surface area contributed by atoms with Gasteiger partial charge in [0.2, 0.25) is 0 Å². The Kier molecular flexibility index (Phi) is 3.75. The van der Waals surface area contributed by atoms with Gasteiger partial charge < -0.3 is 10.4 Å². The fraction of sp³-hybridized carbons (Fsp3) is 0.286. The Balaban J connectivity index is 2.49. The van der Waals surface area contributed by atoms with E-state index in [-0.39, 0.29) is 12.1 Å². The van der Waals surface area contributed by atoms with Crippen molar-refractivity contribution in [3.63, 3.8) is 0 Å². The number of fused-ring (bicyclic) bond motifs is 1. The molecule has 0 saturated heterocycles. The topological polar surface area (TPSA) is 105 Å². The lowest BCUT2D eigenvalue weighted by Gasteiger charge is -2.26. The van der Waals surface area contributed by atoms with E-state index < -0.39 is 16.4 Å². The number of hydrogen-bond acceptors (Lipinski definition) is 5. The lowest BCUT2D eigenvalue weighted by Crippen LogP contribution is -2.33. The Labute approximate surface area is 120 Å². The Morgan fingerprint density at radius 2 is 2.14 bits per heavy atom. The highest BCUT2D eigenvalue weighted by atomic mass is 16.6. The molecule has 7 heteroatoms. The zero-order valence-corrected chi connectivity index (χ0v) is 11.7. The fourth-order valence-electron chi connectivity index (χ4n) is 2.20. The number of pyridine rings is 1. The molecule has 0 unspecified atom stereocenters. The van der Waals surface area contributed by atoms with Crippen LogP contribution < -0.4 is 5.32 Å². The minimum absolute atomic E-state index is 0.0281. The monoisotopic (exact) mass is 289 g/mol. The summed E-state index contributed by atoms with van der Waals surface area (Å²) in [5.41, 5.74) is 0.291. The van der Waals surface area contributed by atoms with Gasteiger partial charge in [-0.15, -0.1) is 0 Å². The minimum Gasteiger partial charge on any atom is -0.481 e. The zero-order chi connectivity index (χ0) is 15.6. The van der Waals surface area contributed by atoms with Gasteiger partial charge in [0.15, 0.2) is 0 Å². The number of nitrogens with one attached hydrogen (secondary N) is 1. The molecule has 0 saturated carbocycles. The maximum Gasteiger partial charge on any atom is 0.305 e. The summed E-state index contributed by atoms with van der Waals surface area (Å²) in [5.74, 6) is -0.924. The van der Waals surface area contributed by atoms with Gasteiger partial charge in [-0.25, -0.2) is 0 Å². The Morgan fingerprint density at radius 3 is 2.76 bits per heavy atom. The van der Waals surface area contributed by atoms with Crippen LogP contribution in [0.25, 0.3) is 10.9 Å². The maximum atomic E-state index is 11.0. The predicted octanol–water partition coefficient (Wildman–Crippen LogP) is 2.81. The second-order valence-electron chi connectivity index (χ2n) is 5.37. The number of carboxylic acids is 1. The number of nitro groups is 1. The lowest BCUT2D eigenvalue weighted by atomic mass is 9.99. The van der Waals surface area contributed by atoms with Crippen LogP contribution in [-0.2, 0) is 4.79 Å². The quantitative estimate of drug-likeness (QED) is 0.647. The predicted molar refractivity (Wildman–Crippen MR) is 78.4 cm³/mol. The number of anilines is 1. The molecule has 0 spiro atoms. The first-order valence-corrected chi connectivity index (χ1v) is 6.32. The molecular weight excluding hydrogens is 274 g/mol. The largest absolute Gasteiger partial charge is 0.481 e. The van der Waals surface area contributed by atoms with Crippen LogP contribution in [-0.4, -0.2) is 26.5 Å². The van der Waals surface area contributed by atoms with Crippen molar-refractivity contribution < 1.29 is 14.8 Å². The van der Waals surface area contributed by atoms with Crippen LogP contribution in [0.4, 0.5) is 11.4 Å². The van der Waals surface area contributed by atoms with Crippen molar-refractivity contribution in [2.45, 2.75) is 25.8 Å². The summed E-state index contributed by atoms with van der Waals surface area (Å²) >= 11 is 0. The fourth-order valence-corrected chi connectivity index (χ4v) is 2.20. The van der Waals surface area contributed by atoms with Gasteiger partial charge in [-0.3, -0.25) is 19.9 Å². The molecule has 0 amide bonds. The summed E-state index contributed by atoms with van der Waals surface area (Å²) in [6.07, 6.45) is 1.46. The summed E-state index contributed by atoms with van der Waals surface area (Å²) in [6, 6.07) is 6.19. The first-order valence-electron chi connectivity index (χ1n) is 6.32. The molecule has 1 aromatic heterocycles. The van der Waals surface area contributed by atoms with Crippen molar-refractivity contribution in [2.24, 2.45) is 0 Å². The van der Waals surface area contributed by atoms with E-state index in [0.717, 1.165) is 0 Å². The third kappa shape index (κ3) is 3.25. The number of nitro benzene ring substituents is 1. The molecule has 0 atom stereocenters. The number of benzene rings is 1. The van der Waals surface area contributed by atoms with E-state index in [4.69, 9.17) is 5.11 Å². The van der Waals surface area contributed by atoms with Crippen LogP contribution in [0.3, 0.4) is 0 Å². The highest BCUT2D eigenvalue weighted by molar-refractivity contribution is 5.97. The SMILES string of the molecule is CC(C)(CC(=O)O)Nc1ccc([N+](=O)[O-])c2cccnc12. The minimum atomic E-state index is -0.924. The third-order valence-electron chi connectivity index (χ3n) is 3.01. The molecule has 2 aromatic rings. The number of non-ortho nitro benzene ring substituents is 1. The van der Waals surface area contributed by atoms with Crippen LogP contribution >= 0.6 is 0 Å². The number of carboxylic acid groups (broad SMARTS) is 1. The molecule has 0 aliphatic rings. The number of nitrogens with zero attached hydrogens (tertiary/aromatic N) is 2. The molecule has 0 radical (unpaired) electrons. The normalized spacial score (nSPS) is 11.3. The van der Waals surface area contributed by atoms with Gasteiger partial charge in [-0.05, 0) is 32.0 Å². The summed E-state index contributed by atoms with van der Waals surface area (Å²) in [7, 11) is 0. The van der Waals surface area contributed by atoms with Gasteiger partial charge in [0, 0.05) is 17.8 Å². The highest BCUT2D eigenvalue weighted by Gasteiger charge is 2.23. The highest BCUT2D eigenvalue weighted by Crippen LogP contribution is 2.31. The number of aromatic nitrogens is 1. The lowest BCUT2D eigenvalue weighted by molar-refractivity contribution is -0.383. The number of aliphatic carboxylic acids is 1. The molecule has 2 rings (SSSR count). The van der Waals surface area contributed by atoms with Gasteiger partial charge in [0.1, 0.15) is 5.52 Å². The smallest absolute Gasteiger partial charge is 0.305 e.